The summed E-state index contributed by atoms with van der Waals surface area (Å²) in [6.07, 6.45) is 0.886. The van der Waals surface area contributed by atoms with Gasteiger partial charge >= 0.3 is 0 Å². The molecule has 0 spiro atoms. The summed E-state index contributed by atoms with van der Waals surface area (Å²) in [5.41, 5.74) is 3.25. The van der Waals surface area contributed by atoms with Gasteiger partial charge in [-0.1, -0.05) is 48.9 Å². The van der Waals surface area contributed by atoms with Crippen LogP contribution in [0.15, 0.2) is 53.4 Å². The molecule has 0 bridgehead atoms. The molecule has 0 radical (unpaired) electrons. The first-order chi connectivity index (χ1) is 13.0. The predicted octanol–water partition coefficient (Wildman–Crippen LogP) is 2.91. The summed E-state index contributed by atoms with van der Waals surface area (Å²) in [6.45, 7) is 7.71. The van der Waals surface area contributed by atoms with Crippen molar-refractivity contribution in [2.24, 2.45) is 0 Å². The van der Waals surface area contributed by atoms with E-state index in [1.54, 1.807) is 12.1 Å². The zero-order valence-electron chi connectivity index (χ0n) is 16.0. The molecular formula is C21H28N2O3S. The Morgan fingerprint density at radius 3 is 2.26 bits per heavy atom. The maximum atomic E-state index is 13.0. The van der Waals surface area contributed by atoms with Crippen molar-refractivity contribution < 1.29 is 13.2 Å². The molecule has 1 N–H and O–H groups in total. The van der Waals surface area contributed by atoms with Crippen LogP contribution in [0.2, 0.25) is 0 Å². The molecule has 1 aliphatic heterocycles. The number of hydrogen-bond donors (Lipinski definition) is 1. The molecule has 2 aromatic rings. The van der Waals surface area contributed by atoms with Crippen LogP contribution >= 0.6 is 0 Å². The van der Waals surface area contributed by atoms with Crippen molar-refractivity contribution in [1.29, 1.82) is 0 Å². The molecule has 0 saturated carbocycles. The van der Waals surface area contributed by atoms with Gasteiger partial charge in [0.2, 0.25) is 10.0 Å². The van der Waals surface area contributed by atoms with Gasteiger partial charge < -0.3 is 4.74 Å². The number of sulfonamides is 1. The number of nitrogens with one attached hydrogen (secondary N) is 1. The molecule has 27 heavy (non-hydrogen) atoms. The first-order valence-corrected chi connectivity index (χ1v) is 10.9. The third-order valence-corrected chi connectivity index (χ3v) is 6.45. The van der Waals surface area contributed by atoms with Crippen LogP contribution in [0.5, 0.6) is 0 Å². The minimum absolute atomic E-state index is 0.304. The molecule has 1 fully saturated rings. The van der Waals surface area contributed by atoms with Gasteiger partial charge in [-0.05, 0) is 36.6 Å². The molecule has 3 rings (SSSR count). The summed E-state index contributed by atoms with van der Waals surface area (Å²) in [4.78, 5) is 2.55. The highest BCUT2D eigenvalue weighted by atomic mass is 32.2. The van der Waals surface area contributed by atoms with Crippen LogP contribution in [0.1, 0.15) is 29.7 Å². The quantitative estimate of drug-likeness (QED) is 0.792. The van der Waals surface area contributed by atoms with E-state index in [1.807, 2.05) is 43.3 Å². The number of aryl methyl sites for hydroxylation is 2. The van der Waals surface area contributed by atoms with E-state index < -0.39 is 10.0 Å². The molecule has 0 aromatic heterocycles. The van der Waals surface area contributed by atoms with Crippen LogP contribution in [0.3, 0.4) is 0 Å². The summed E-state index contributed by atoms with van der Waals surface area (Å²) in [5, 5.41) is 0. The first-order valence-electron chi connectivity index (χ1n) is 9.46. The van der Waals surface area contributed by atoms with E-state index >= 15 is 0 Å². The van der Waals surface area contributed by atoms with Crippen molar-refractivity contribution in [2.75, 3.05) is 32.8 Å². The van der Waals surface area contributed by atoms with Crippen LogP contribution in [-0.4, -0.2) is 46.2 Å². The summed E-state index contributed by atoms with van der Waals surface area (Å²) >= 11 is 0. The smallest absolute Gasteiger partial charge is 0.241 e. The molecule has 6 heteroatoms. The lowest BCUT2D eigenvalue weighted by Gasteiger charge is -2.31. The molecule has 0 amide bonds. The Bertz CT molecular complexity index is 827. The molecule has 5 nitrogen and oxygen atoms in total. The van der Waals surface area contributed by atoms with Crippen molar-refractivity contribution >= 4 is 10.0 Å². The second-order valence-corrected chi connectivity index (χ2v) is 8.71. The lowest BCUT2D eigenvalue weighted by atomic mass is 10.1. The number of morpholine rings is 1. The fraction of sp³-hybridized carbons (Fsp3) is 0.429. The Labute approximate surface area is 162 Å². The number of rotatable bonds is 7. The van der Waals surface area contributed by atoms with Gasteiger partial charge in [0, 0.05) is 19.6 Å². The lowest BCUT2D eigenvalue weighted by molar-refractivity contribution is 0.0345. The Kier molecular flexibility index (Phi) is 6.65. The Morgan fingerprint density at radius 1 is 1.04 bits per heavy atom. The third-order valence-electron chi connectivity index (χ3n) is 4.96. The van der Waals surface area contributed by atoms with E-state index in [0.717, 1.165) is 36.2 Å². The average molecular weight is 389 g/mol. The van der Waals surface area contributed by atoms with Gasteiger partial charge in [0.15, 0.2) is 0 Å². The van der Waals surface area contributed by atoms with E-state index in [9.17, 15) is 8.42 Å². The van der Waals surface area contributed by atoms with Crippen molar-refractivity contribution in [2.45, 2.75) is 31.2 Å². The van der Waals surface area contributed by atoms with Crippen LogP contribution < -0.4 is 4.72 Å². The van der Waals surface area contributed by atoms with Crippen LogP contribution in [0.4, 0.5) is 0 Å². The number of hydrogen-bond acceptors (Lipinski definition) is 4. The maximum absolute atomic E-state index is 13.0. The Hall–Kier alpha value is -1.73. The number of ether oxygens (including phenoxy) is 1. The standard InChI is InChI=1S/C21H28N2O3S/c1-3-18-6-10-20(11-7-18)27(24,25)22-21(16-23-12-14-26-15-13-23)19-8-4-17(2)5-9-19/h4-11,21-22H,3,12-16H2,1-2H3/t21-/m1/s1. The fourth-order valence-corrected chi connectivity index (χ4v) is 4.43. The third kappa shape index (κ3) is 5.39. The monoisotopic (exact) mass is 388 g/mol. The van der Waals surface area contributed by atoms with E-state index in [1.165, 1.54) is 0 Å². The minimum atomic E-state index is -3.60. The second-order valence-electron chi connectivity index (χ2n) is 7.00. The van der Waals surface area contributed by atoms with Crippen molar-refractivity contribution in [3.63, 3.8) is 0 Å². The van der Waals surface area contributed by atoms with Gasteiger partial charge in [-0.25, -0.2) is 13.1 Å². The molecule has 0 unspecified atom stereocenters. The van der Waals surface area contributed by atoms with E-state index in [0.29, 0.717) is 24.7 Å². The van der Waals surface area contributed by atoms with E-state index in [2.05, 4.69) is 16.5 Å². The molecule has 2 aromatic carbocycles. The fourth-order valence-electron chi connectivity index (χ4n) is 3.21. The highest BCUT2D eigenvalue weighted by Gasteiger charge is 2.24. The largest absolute Gasteiger partial charge is 0.379 e. The summed E-state index contributed by atoms with van der Waals surface area (Å²) in [5.74, 6) is 0. The molecule has 1 aliphatic rings. The molecule has 146 valence electrons. The first kappa shape index (κ1) is 20.0. The average Bonchev–Trinajstić information content (AvgIpc) is 2.69. The van der Waals surface area contributed by atoms with Crippen LogP contribution in [0, 0.1) is 6.92 Å². The van der Waals surface area contributed by atoms with Gasteiger partial charge in [-0.15, -0.1) is 0 Å². The molecule has 0 aliphatic carbocycles. The zero-order valence-corrected chi connectivity index (χ0v) is 16.8. The Morgan fingerprint density at radius 2 is 1.67 bits per heavy atom. The predicted molar refractivity (Wildman–Crippen MR) is 107 cm³/mol. The van der Waals surface area contributed by atoms with Crippen molar-refractivity contribution in [1.82, 2.24) is 9.62 Å². The normalized spacial score (nSPS) is 17.0. The summed E-state index contributed by atoms with van der Waals surface area (Å²) in [7, 11) is -3.60. The van der Waals surface area contributed by atoms with Crippen LogP contribution in [-0.2, 0) is 21.2 Å². The lowest BCUT2D eigenvalue weighted by Crippen LogP contribution is -2.43. The SMILES string of the molecule is CCc1ccc(S(=O)(=O)N[C@H](CN2CCOCC2)c2ccc(C)cc2)cc1. The van der Waals surface area contributed by atoms with Gasteiger partial charge in [0.25, 0.3) is 0 Å². The molecule has 1 heterocycles. The van der Waals surface area contributed by atoms with E-state index in [4.69, 9.17) is 4.74 Å². The van der Waals surface area contributed by atoms with Gasteiger partial charge in [-0.3, -0.25) is 4.90 Å². The summed E-state index contributed by atoms with van der Waals surface area (Å²) < 4.78 is 34.3. The highest BCUT2D eigenvalue weighted by Crippen LogP contribution is 2.20. The molecule has 1 atom stereocenters. The number of benzene rings is 2. The highest BCUT2D eigenvalue weighted by molar-refractivity contribution is 7.89. The van der Waals surface area contributed by atoms with E-state index in [-0.39, 0.29) is 6.04 Å². The van der Waals surface area contributed by atoms with Crippen molar-refractivity contribution in [3.8, 4) is 0 Å². The summed E-state index contributed by atoms with van der Waals surface area (Å²) in [6, 6.07) is 14.9. The molecule has 1 saturated heterocycles. The maximum Gasteiger partial charge on any atom is 0.241 e. The Balaban J connectivity index is 1.83. The van der Waals surface area contributed by atoms with Crippen molar-refractivity contribution in [3.05, 3.63) is 65.2 Å². The minimum Gasteiger partial charge on any atom is -0.379 e. The van der Waals surface area contributed by atoms with Gasteiger partial charge in [0.1, 0.15) is 0 Å². The van der Waals surface area contributed by atoms with Gasteiger partial charge in [-0.2, -0.15) is 0 Å². The van der Waals surface area contributed by atoms with Crippen LogP contribution in [0.25, 0.3) is 0 Å². The zero-order chi connectivity index (χ0) is 19.3. The van der Waals surface area contributed by atoms with Gasteiger partial charge in [0.05, 0.1) is 24.2 Å². The topological polar surface area (TPSA) is 58.6 Å². The molecular weight excluding hydrogens is 360 g/mol. The second kappa shape index (κ2) is 8.97. The number of nitrogens with zero attached hydrogens (tertiary/aromatic N) is 1.